The summed E-state index contributed by atoms with van der Waals surface area (Å²) in [5.41, 5.74) is 1.24. The summed E-state index contributed by atoms with van der Waals surface area (Å²) in [5.74, 6) is -0.378. The van der Waals surface area contributed by atoms with E-state index in [-0.39, 0.29) is 11.9 Å². The van der Waals surface area contributed by atoms with Crippen molar-refractivity contribution in [2.45, 2.75) is 97.3 Å². The molecule has 0 aliphatic rings. The highest BCUT2D eigenvalue weighted by Gasteiger charge is 2.08. The first-order valence-corrected chi connectivity index (χ1v) is 14.5. The quantitative estimate of drug-likeness (QED) is 0.0775. The van der Waals surface area contributed by atoms with Crippen molar-refractivity contribution in [3.8, 4) is 11.5 Å². The fourth-order valence-electron chi connectivity index (χ4n) is 3.98. The minimum atomic E-state index is -0.538. The lowest BCUT2D eigenvalue weighted by Crippen LogP contribution is -2.07. The van der Waals surface area contributed by atoms with Crippen molar-refractivity contribution >= 4 is 24.0 Å². The number of unbranched alkanes of at least 4 members (excludes halogenated alkanes) is 10. The van der Waals surface area contributed by atoms with Crippen molar-refractivity contribution in [1.29, 1.82) is 0 Å². The maximum absolute atomic E-state index is 12.3. The van der Waals surface area contributed by atoms with Crippen LogP contribution in [-0.2, 0) is 14.3 Å². The molecule has 0 bridgehead atoms. The lowest BCUT2D eigenvalue weighted by atomic mass is 10.1. The third-order valence-electron chi connectivity index (χ3n) is 6.30. The van der Waals surface area contributed by atoms with Crippen molar-refractivity contribution in [3.63, 3.8) is 0 Å². The molecule has 6 heteroatoms. The third-order valence-corrected chi connectivity index (χ3v) is 6.30. The molecule has 0 radical (unpaired) electrons. The fourth-order valence-corrected chi connectivity index (χ4v) is 3.98. The third kappa shape index (κ3) is 14.4. The second-order valence-corrected chi connectivity index (χ2v) is 9.74. The summed E-state index contributed by atoms with van der Waals surface area (Å²) < 4.78 is 16.0. The summed E-state index contributed by atoms with van der Waals surface area (Å²) >= 11 is 0. The first-order valence-electron chi connectivity index (χ1n) is 14.5. The van der Waals surface area contributed by atoms with Crippen LogP contribution in [0.3, 0.4) is 0 Å². The summed E-state index contributed by atoms with van der Waals surface area (Å²) in [5, 5.41) is 0. The maximum Gasteiger partial charge on any atom is 0.338 e. The minimum Gasteiger partial charge on any atom is -0.462 e. The summed E-state index contributed by atoms with van der Waals surface area (Å²) in [6, 6.07) is 13.2. The van der Waals surface area contributed by atoms with Crippen LogP contribution in [0, 0.1) is 0 Å². The number of benzene rings is 2. The Morgan fingerprint density at radius 3 is 1.79 bits per heavy atom. The Kier molecular flexibility index (Phi) is 16.0. The van der Waals surface area contributed by atoms with Crippen LogP contribution >= 0.6 is 0 Å². The van der Waals surface area contributed by atoms with Crippen LogP contribution in [0.1, 0.15) is 113 Å². The van der Waals surface area contributed by atoms with Crippen molar-refractivity contribution < 1.29 is 28.6 Å². The van der Waals surface area contributed by atoms with E-state index in [1.807, 2.05) is 0 Å². The van der Waals surface area contributed by atoms with Crippen LogP contribution < -0.4 is 9.47 Å². The SMILES string of the molecule is CCCCCCCCCCCOC(=O)c1ccc(C=CC(=O)Oc2ccc(OC(=O)CCCCC)cc2)cc1. The van der Waals surface area contributed by atoms with Gasteiger partial charge >= 0.3 is 17.9 Å². The number of hydrogen-bond donors (Lipinski definition) is 0. The molecule has 0 amide bonds. The topological polar surface area (TPSA) is 78.9 Å². The Balaban J connectivity index is 1.66. The van der Waals surface area contributed by atoms with Gasteiger partial charge < -0.3 is 14.2 Å². The van der Waals surface area contributed by atoms with Crippen LogP contribution in [0.2, 0.25) is 0 Å². The smallest absolute Gasteiger partial charge is 0.338 e. The van der Waals surface area contributed by atoms with Crippen LogP contribution in [0.4, 0.5) is 0 Å². The lowest BCUT2D eigenvalue weighted by molar-refractivity contribution is -0.134. The molecule has 2 aromatic carbocycles. The zero-order valence-corrected chi connectivity index (χ0v) is 23.6. The van der Waals surface area contributed by atoms with E-state index < -0.39 is 5.97 Å². The maximum atomic E-state index is 12.3. The zero-order chi connectivity index (χ0) is 28.1. The Morgan fingerprint density at radius 2 is 1.18 bits per heavy atom. The van der Waals surface area contributed by atoms with Crippen molar-refractivity contribution in [2.75, 3.05) is 6.61 Å². The summed E-state index contributed by atoms with van der Waals surface area (Å²) in [6.07, 6.45) is 17.1. The van der Waals surface area contributed by atoms with Crippen molar-refractivity contribution in [3.05, 3.63) is 65.7 Å². The van der Waals surface area contributed by atoms with Crippen LogP contribution in [0.5, 0.6) is 11.5 Å². The first-order chi connectivity index (χ1) is 19.0. The monoisotopic (exact) mass is 536 g/mol. The van der Waals surface area contributed by atoms with E-state index in [1.54, 1.807) is 54.6 Å². The van der Waals surface area contributed by atoms with Gasteiger partial charge in [0.05, 0.1) is 12.2 Å². The van der Waals surface area contributed by atoms with Gasteiger partial charge in [-0.05, 0) is 60.9 Å². The van der Waals surface area contributed by atoms with Crippen LogP contribution in [0.15, 0.2) is 54.6 Å². The van der Waals surface area contributed by atoms with Crippen LogP contribution in [-0.4, -0.2) is 24.5 Å². The Morgan fingerprint density at radius 1 is 0.641 bits per heavy atom. The van der Waals surface area contributed by atoms with E-state index in [1.165, 1.54) is 51.0 Å². The molecular formula is C33H44O6. The summed E-state index contributed by atoms with van der Waals surface area (Å²) in [4.78, 5) is 36.2. The standard InChI is InChI=1S/C33H44O6/c1-3-5-7-8-9-10-11-12-14-26-37-33(36)28-19-16-27(17-20-28)18-25-32(35)39-30-23-21-29(22-24-30)38-31(34)15-13-6-4-2/h16-25H,3-15,26H2,1-2H3. The number of esters is 3. The highest BCUT2D eigenvalue weighted by atomic mass is 16.5. The molecule has 2 aromatic rings. The predicted molar refractivity (Wildman–Crippen MR) is 155 cm³/mol. The van der Waals surface area contributed by atoms with E-state index in [2.05, 4.69) is 13.8 Å². The van der Waals surface area contributed by atoms with Gasteiger partial charge in [0, 0.05) is 12.5 Å². The molecule has 2 rings (SSSR count). The van der Waals surface area contributed by atoms with Crippen molar-refractivity contribution in [1.82, 2.24) is 0 Å². The molecule has 0 saturated carbocycles. The number of carbonyl (C=O) groups is 3. The van der Waals surface area contributed by atoms with E-state index in [9.17, 15) is 14.4 Å². The number of carbonyl (C=O) groups excluding carboxylic acids is 3. The number of hydrogen-bond acceptors (Lipinski definition) is 6. The highest BCUT2D eigenvalue weighted by Crippen LogP contribution is 2.19. The normalized spacial score (nSPS) is 10.9. The van der Waals surface area contributed by atoms with Gasteiger partial charge in [-0.15, -0.1) is 0 Å². The molecule has 0 atom stereocenters. The van der Waals surface area contributed by atoms with Gasteiger partial charge in [-0.2, -0.15) is 0 Å². The number of rotatable bonds is 19. The molecule has 39 heavy (non-hydrogen) atoms. The van der Waals surface area contributed by atoms with Gasteiger partial charge in [0.25, 0.3) is 0 Å². The molecule has 0 N–H and O–H groups in total. The Bertz CT molecular complexity index is 1010. The largest absolute Gasteiger partial charge is 0.462 e. The van der Waals surface area contributed by atoms with Gasteiger partial charge in [-0.25, -0.2) is 9.59 Å². The van der Waals surface area contributed by atoms with Gasteiger partial charge in [0.2, 0.25) is 0 Å². The van der Waals surface area contributed by atoms with Gasteiger partial charge in [-0.1, -0.05) is 90.2 Å². The lowest BCUT2D eigenvalue weighted by Gasteiger charge is -2.06. The molecule has 6 nitrogen and oxygen atoms in total. The van der Waals surface area contributed by atoms with Gasteiger partial charge in [0.15, 0.2) is 0 Å². The molecule has 0 aliphatic carbocycles. The molecule has 0 saturated heterocycles. The van der Waals surface area contributed by atoms with Gasteiger partial charge in [-0.3, -0.25) is 4.79 Å². The Labute approximate surface area is 233 Å². The molecule has 0 fully saturated rings. The van der Waals surface area contributed by atoms with Gasteiger partial charge in [0.1, 0.15) is 11.5 Å². The number of ether oxygens (including phenoxy) is 3. The van der Waals surface area contributed by atoms with E-state index in [0.717, 1.165) is 37.7 Å². The molecule has 0 spiro atoms. The Hall–Kier alpha value is -3.41. The molecule has 0 unspecified atom stereocenters. The minimum absolute atomic E-state index is 0.269. The highest BCUT2D eigenvalue weighted by molar-refractivity contribution is 5.91. The fraction of sp³-hybridized carbons (Fsp3) is 0.485. The molecule has 212 valence electrons. The van der Waals surface area contributed by atoms with Crippen molar-refractivity contribution in [2.24, 2.45) is 0 Å². The molecule has 0 aromatic heterocycles. The second-order valence-electron chi connectivity index (χ2n) is 9.74. The van der Waals surface area contributed by atoms with E-state index >= 15 is 0 Å². The van der Waals surface area contributed by atoms with Crippen LogP contribution in [0.25, 0.3) is 6.08 Å². The van der Waals surface area contributed by atoms with E-state index in [0.29, 0.717) is 30.1 Å². The predicted octanol–water partition coefficient (Wildman–Crippen LogP) is 8.48. The molecule has 0 aliphatic heterocycles. The first kappa shape index (κ1) is 31.8. The van der Waals surface area contributed by atoms with E-state index in [4.69, 9.17) is 14.2 Å². The zero-order valence-electron chi connectivity index (χ0n) is 23.6. The molecular weight excluding hydrogens is 492 g/mol. The average molecular weight is 537 g/mol. The second kappa shape index (κ2) is 19.6. The summed E-state index contributed by atoms with van der Waals surface area (Å²) in [7, 11) is 0. The average Bonchev–Trinajstić information content (AvgIpc) is 2.94. The summed E-state index contributed by atoms with van der Waals surface area (Å²) in [6.45, 7) is 4.74. The molecule has 0 heterocycles.